The van der Waals surface area contributed by atoms with Gasteiger partial charge in [0.15, 0.2) is 0 Å². The van der Waals surface area contributed by atoms with Crippen LogP contribution in [0.25, 0.3) is 0 Å². The van der Waals surface area contributed by atoms with Gasteiger partial charge in [0, 0.05) is 5.25 Å². The third kappa shape index (κ3) is 2.11. The average molecular weight is 168 g/mol. The highest BCUT2D eigenvalue weighted by molar-refractivity contribution is 8.78. The first-order chi connectivity index (χ1) is 3.79. The van der Waals surface area contributed by atoms with E-state index in [1.54, 1.807) is 0 Å². The molecular weight excluding hydrogens is 156 g/mol. The van der Waals surface area contributed by atoms with Crippen LogP contribution >= 0.6 is 34.2 Å². The maximum Gasteiger partial charge on any atom is 0.00983 e. The van der Waals surface area contributed by atoms with Gasteiger partial charge in [-0.25, -0.2) is 9.93 Å². The van der Waals surface area contributed by atoms with Gasteiger partial charge in [-0.1, -0.05) is 0 Å². The molecular formula is C5H12S3. The lowest BCUT2D eigenvalue weighted by Crippen LogP contribution is -2.11. The molecule has 0 aromatic carbocycles. The van der Waals surface area contributed by atoms with Crippen LogP contribution in [-0.4, -0.2) is 16.8 Å². The predicted molar refractivity (Wildman–Crippen MR) is 49.7 cm³/mol. The molecule has 0 aromatic rings. The quantitative estimate of drug-likeness (QED) is 0.357. The summed E-state index contributed by atoms with van der Waals surface area (Å²) in [6.45, 7) is 0. The topological polar surface area (TPSA) is 0 Å². The Bertz CT molecular complexity index is 66.1. The van der Waals surface area contributed by atoms with Crippen molar-refractivity contribution in [2.45, 2.75) is 18.1 Å². The lowest BCUT2D eigenvalue weighted by Gasteiger charge is -2.24. The molecule has 0 aromatic heterocycles. The predicted octanol–water partition coefficient (Wildman–Crippen LogP) is 1.92. The molecule has 0 N–H and O–H groups in total. The summed E-state index contributed by atoms with van der Waals surface area (Å²) in [4.78, 5) is 0. The summed E-state index contributed by atoms with van der Waals surface area (Å²) >= 11 is 8.82. The molecule has 1 rings (SSSR count). The van der Waals surface area contributed by atoms with Crippen molar-refractivity contribution in [1.29, 1.82) is 0 Å². The molecule has 50 valence electrons. The Morgan fingerprint density at radius 3 is 2.62 bits per heavy atom. The second-order valence-electron chi connectivity index (χ2n) is 2.21. The Hall–Kier alpha value is 1.05. The highest BCUT2D eigenvalue weighted by Gasteiger charge is 2.12. The van der Waals surface area contributed by atoms with Crippen molar-refractivity contribution in [3.8, 4) is 0 Å². The first kappa shape index (κ1) is 7.16. The van der Waals surface area contributed by atoms with Crippen LogP contribution < -0.4 is 0 Å². The molecule has 0 aliphatic carbocycles. The molecule has 0 saturated carbocycles. The van der Waals surface area contributed by atoms with Gasteiger partial charge in [0.2, 0.25) is 0 Å². The van der Waals surface area contributed by atoms with Gasteiger partial charge in [0.1, 0.15) is 0 Å². The minimum Gasteiger partial charge on any atom is -0.207 e. The molecule has 0 amide bonds. The van der Waals surface area contributed by atoms with Crippen LogP contribution in [0.2, 0.25) is 0 Å². The maximum absolute atomic E-state index is 4.44. The standard InChI is InChI=1S/C5H12S3/c6-5-2-1-3-8(7)4-5/h5-8H,1-4H2. The highest BCUT2D eigenvalue weighted by Crippen LogP contribution is 2.38. The van der Waals surface area contributed by atoms with Crippen LogP contribution in [-0.2, 0) is 0 Å². The van der Waals surface area contributed by atoms with E-state index in [2.05, 4.69) is 24.3 Å². The Balaban J connectivity index is 2.23. The first-order valence-corrected chi connectivity index (χ1v) is 6.29. The zero-order valence-corrected chi connectivity index (χ0v) is 7.43. The molecule has 3 heteroatoms. The van der Waals surface area contributed by atoms with Crippen LogP contribution in [0.5, 0.6) is 0 Å². The van der Waals surface area contributed by atoms with Crippen molar-refractivity contribution in [1.82, 2.24) is 0 Å². The smallest absolute Gasteiger partial charge is 0.00983 e. The van der Waals surface area contributed by atoms with Gasteiger partial charge in [-0.15, -0.1) is 11.7 Å². The van der Waals surface area contributed by atoms with E-state index in [1.807, 2.05) is 0 Å². The van der Waals surface area contributed by atoms with Crippen molar-refractivity contribution in [3.05, 3.63) is 0 Å². The SMILES string of the molecule is SC1CCC[SH](S)C1. The monoisotopic (exact) mass is 168 g/mol. The van der Waals surface area contributed by atoms with Crippen molar-refractivity contribution in [2.75, 3.05) is 11.5 Å². The molecule has 1 aliphatic heterocycles. The number of thiol groups is 3. The summed E-state index contributed by atoms with van der Waals surface area (Å²) in [5.41, 5.74) is 0. The number of hydrogen-bond donors (Lipinski definition) is 3. The second kappa shape index (κ2) is 3.28. The van der Waals surface area contributed by atoms with Crippen LogP contribution in [0.1, 0.15) is 12.8 Å². The van der Waals surface area contributed by atoms with Gasteiger partial charge in [-0.2, -0.15) is 12.6 Å². The van der Waals surface area contributed by atoms with Crippen molar-refractivity contribution < 1.29 is 0 Å². The van der Waals surface area contributed by atoms with E-state index < -0.39 is 0 Å². The largest absolute Gasteiger partial charge is 0.207 e. The minimum atomic E-state index is 0.0871. The van der Waals surface area contributed by atoms with Gasteiger partial charge in [-0.3, -0.25) is 0 Å². The molecule has 2 unspecified atom stereocenters. The summed E-state index contributed by atoms with van der Waals surface area (Å²) in [6.07, 6.45) is 2.66. The van der Waals surface area contributed by atoms with E-state index in [0.29, 0.717) is 5.25 Å². The lowest BCUT2D eigenvalue weighted by molar-refractivity contribution is 0.783. The molecule has 0 nitrogen and oxygen atoms in total. The lowest BCUT2D eigenvalue weighted by atomic mass is 10.3. The Labute approximate surface area is 64.0 Å². The third-order valence-corrected chi connectivity index (χ3v) is 4.89. The van der Waals surface area contributed by atoms with Gasteiger partial charge in [0.05, 0.1) is 0 Å². The summed E-state index contributed by atoms with van der Waals surface area (Å²) in [7, 11) is 0.0871. The molecule has 0 bridgehead atoms. The highest BCUT2D eigenvalue weighted by atomic mass is 33.1. The van der Waals surface area contributed by atoms with E-state index in [-0.39, 0.29) is 9.93 Å². The minimum absolute atomic E-state index is 0.0871. The fourth-order valence-corrected chi connectivity index (χ4v) is 4.51. The van der Waals surface area contributed by atoms with E-state index in [9.17, 15) is 0 Å². The number of rotatable bonds is 0. The Kier molecular flexibility index (Phi) is 2.93. The summed E-state index contributed by atoms with van der Waals surface area (Å²) in [5.74, 6) is 2.62. The van der Waals surface area contributed by atoms with Gasteiger partial charge in [0.25, 0.3) is 0 Å². The van der Waals surface area contributed by atoms with Crippen LogP contribution in [0.4, 0.5) is 0 Å². The van der Waals surface area contributed by atoms with Gasteiger partial charge >= 0.3 is 0 Å². The normalized spacial score (nSPS) is 44.2. The third-order valence-electron chi connectivity index (χ3n) is 1.38. The van der Waals surface area contributed by atoms with Crippen LogP contribution in [0.3, 0.4) is 0 Å². The molecule has 1 heterocycles. The number of hydrogen-bond acceptors (Lipinski definition) is 2. The molecule has 0 spiro atoms. The van der Waals surface area contributed by atoms with E-state index in [1.165, 1.54) is 24.3 Å². The second-order valence-corrected chi connectivity index (χ2v) is 6.46. The molecule has 1 saturated heterocycles. The van der Waals surface area contributed by atoms with E-state index in [4.69, 9.17) is 0 Å². The summed E-state index contributed by atoms with van der Waals surface area (Å²) in [6, 6.07) is 0. The van der Waals surface area contributed by atoms with Crippen LogP contribution in [0, 0.1) is 0 Å². The molecule has 0 radical (unpaired) electrons. The van der Waals surface area contributed by atoms with Crippen LogP contribution in [0.15, 0.2) is 0 Å². The zero-order chi connectivity index (χ0) is 5.98. The average Bonchev–Trinajstić information content (AvgIpc) is 1.64. The Morgan fingerprint density at radius 1 is 1.50 bits per heavy atom. The van der Waals surface area contributed by atoms with Crippen molar-refractivity contribution >= 4 is 34.2 Å². The Morgan fingerprint density at radius 2 is 2.25 bits per heavy atom. The van der Waals surface area contributed by atoms with Gasteiger partial charge < -0.3 is 0 Å². The summed E-state index contributed by atoms with van der Waals surface area (Å²) < 4.78 is 0. The zero-order valence-electron chi connectivity index (χ0n) is 4.75. The molecule has 1 aliphatic rings. The molecule has 1 fully saturated rings. The van der Waals surface area contributed by atoms with E-state index >= 15 is 0 Å². The van der Waals surface area contributed by atoms with Crippen molar-refractivity contribution in [3.63, 3.8) is 0 Å². The molecule has 2 atom stereocenters. The van der Waals surface area contributed by atoms with Crippen molar-refractivity contribution in [2.24, 2.45) is 0 Å². The maximum atomic E-state index is 4.44. The molecule has 8 heavy (non-hydrogen) atoms. The van der Waals surface area contributed by atoms with E-state index in [0.717, 1.165) is 0 Å². The fraction of sp³-hybridized carbons (Fsp3) is 1.00. The first-order valence-electron chi connectivity index (χ1n) is 2.91. The van der Waals surface area contributed by atoms with Gasteiger partial charge in [-0.05, 0) is 24.3 Å². The fourth-order valence-electron chi connectivity index (χ4n) is 0.935. The summed E-state index contributed by atoms with van der Waals surface area (Å²) in [5, 5.41) is 0.660.